The van der Waals surface area contributed by atoms with Gasteiger partial charge in [0.15, 0.2) is 11.2 Å². The van der Waals surface area contributed by atoms with E-state index >= 15 is 0 Å². The van der Waals surface area contributed by atoms with Crippen molar-refractivity contribution in [3.8, 4) is 0 Å². The van der Waals surface area contributed by atoms with E-state index in [1.165, 1.54) is 16.2 Å². The van der Waals surface area contributed by atoms with Gasteiger partial charge in [-0.05, 0) is 12.0 Å². The van der Waals surface area contributed by atoms with E-state index < -0.39 is 36.1 Å². The zero-order chi connectivity index (χ0) is 25.6. The van der Waals surface area contributed by atoms with Crippen molar-refractivity contribution in [2.75, 3.05) is 22.6 Å². The molecule has 0 amide bonds. The van der Waals surface area contributed by atoms with Crippen molar-refractivity contribution in [2.45, 2.75) is 36.0 Å². The Labute approximate surface area is 216 Å². The van der Waals surface area contributed by atoms with Crippen molar-refractivity contribution < 1.29 is 20.1 Å². The second-order valence-electron chi connectivity index (χ2n) is 9.09. The maximum Gasteiger partial charge on any atom is 0.284 e. The zero-order valence-electron chi connectivity index (χ0n) is 19.8. The first-order valence-electron chi connectivity index (χ1n) is 12.1. The molecule has 2 aliphatic heterocycles. The molecule has 0 spiro atoms. The molecule has 5 atom stereocenters. The SMILES string of the molecule is O=c1c2c([nH]c3nccn13)N([C@@H]1O[C@H](CO)[C@@H](O)[C@H]1O)C(SCCc1ccccc1)(c1ccccc1)N2. The Morgan fingerprint density at radius 3 is 2.49 bits per heavy atom. The Morgan fingerprint density at radius 1 is 1.05 bits per heavy atom. The molecule has 0 aliphatic carbocycles. The van der Waals surface area contributed by atoms with E-state index in [2.05, 4.69) is 27.4 Å². The number of aromatic amines is 1. The lowest BCUT2D eigenvalue weighted by Crippen LogP contribution is -2.55. The Kier molecular flexibility index (Phi) is 6.17. The minimum atomic E-state index is -1.35. The molecule has 2 aromatic carbocycles. The number of aromatic nitrogens is 3. The fourth-order valence-corrected chi connectivity index (χ4v) is 6.50. The number of hydrogen-bond donors (Lipinski definition) is 5. The topological polar surface area (TPSA) is 135 Å². The number of nitrogens with one attached hydrogen (secondary N) is 2. The Balaban J connectivity index is 1.50. The van der Waals surface area contributed by atoms with Crippen molar-refractivity contribution in [3.05, 3.63) is 94.5 Å². The predicted molar refractivity (Wildman–Crippen MR) is 140 cm³/mol. The molecule has 0 radical (unpaired) electrons. The highest BCUT2D eigenvalue weighted by atomic mass is 32.2. The van der Waals surface area contributed by atoms with Gasteiger partial charge in [0.25, 0.3) is 5.56 Å². The van der Waals surface area contributed by atoms with Crippen molar-refractivity contribution in [3.63, 3.8) is 0 Å². The summed E-state index contributed by atoms with van der Waals surface area (Å²) in [5.41, 5.74) is 1.98. The molecule has 5 N–H and O–H groups in total. The summed E-state index contributed by atoms with van der Waals surface area (Å²) >= 11 is 1.55. The third-order valence-electron chi connectivity index (χ3n) is 6.90. The summed E-state index contributed by atoms with van der Waals surface area (Å²) < 4.78 is 7.44. The number of aryl methyl sites for hydroxylation is 1. The largest absolute Gasteiger partial charge is 0.394 e. The maximum atomic E-state index is 13.5. The number of aliphatic hydroxyl groups is 3. The van der Waals surface area contributed by atoms with E-state index in [9.17, 15) is 20.1 Å². The lowest BCUT2D eigenvalue weighted by Gasteiger charge is -2.43. The molecular weight excluding hydrogens is 494 g/mol. The maximum absolute atomic E-state index is 13.5. The number of thioether (sulfide) groups is 1. The molecule has 37 heavy (non-hydrogen) atoms. The molecule has 6 rings (SSSR count). The van der Waals surface area contributed by atoms with Gasteiger partial charge in [-0.15, -0.1) is 11.8 Å². The number of hydrogen-bond acceptors (Lipinski definition) is 9. The fraction of sp³-hybridized carbons (Fsp3) is 0.308. The van der Waals surface area contributed by atoms with Gasteiger partial charge in [-0.2, -0.15) is 0 Å². The summed E-state index contributed by atoms with van der Waals surface area (Å²) in [7, 11) is 0. The average Bonchev–Trinajstić information content (AvgIpc) is 3.61. The van der Waals surface area contributed by atoms with Crippen LogP contribution in [0.15, 0.2) is 77.9 Å². The minimum absolute atomic E-state index is 0.291. The number of fused-ring (bicyclic) bond motifs is 2. The monoisotopic (exact) mass is 521 g/mol. The van der Waals surface area contributed by atoms with Crippen LogP contribution >= 0.6 is 11.8 Å². The second kappa shape index (κ2) is 9.51. The van der Waals surface area contributed by atoms with E-state index in [0.717, 1.165) is 12.0 Å². The quantitative estimate of drug-likeness (QED) is 0.245. The molecule has 11 heteroatoms. The van der Waals surface area contributed by atoms with Gasteiger partial charge in [-0.3, -0.25) is 14.1 Å². The third-order valence-corrected chi connectivity index (χ3v) is 8.26. The number of imidazole rings is 1. The number of benzene rings is 2. The van der Waals surface area contributed by atoms with Crippen LogP contribution in [-0.2, 0) is 16.2 Å². The average molecular weight is 522 g/mol. The molecule has 10 nitrogen and oxygen atoms in total. The normalized spacial score (nSPS) is 26.9. The van der Waals surface area contributed by atoms with E-state index in [1.54, 1.807) is 22.9 Å². The van der Waals surface area contributed by atoms with Gasteiger partial charge in [0.05, 0.1) is 6.61 Å². The van der Waals surface area contributed by atoms with Crippen LogP contribution in [0, 0.1) is 0 Å². The van der Waals surface area contributed by atoms with E-state index in [0.29, 0.717) is 23.0 Å². The van der Waals surface area contributed by atoms with Crippen molar-refractivity contribution >= 4 is 29.0 Å². The van der Waals surface area contributed by atoms with Gasteiger partial charge in [0, 0.05) is 23.7 Å². The molecule has 0 bridgehead atoms. The third kappa shape index (κ3) is 3.90. The van der Waals surface area contributed by atoms with Crippen LogP contribution in [0.4, 0.5) is 11.5 Å². The summed E-state index contributed by atoms with van der Waals surface area (Å²) in [5, 5.41) is 34.9. The van der Waals surface area contributed by atoms with Crippen LogP contribution in [0.3, 0.4) is 0 Å². The van der Waals surface area contributed by atoms with Crippen molar-refractivity contribution in [1.82, 2.24) is 14.4 Å². The second-order valence-corrected chi connectivity index (χ2v) is 10.4. The number of nitrogens with zero attached hydrogens (tertiary/aromatic N) is 3. The smallest absolute Gasteiger partial charge is 0.284 e. The predicted octanol–water partition coefficient (Wildman–Crippen LogP) is 1.48. The van der Waals surface area contributed by atoms with Crippen LogP contribution in [0.5, 0.6) is 0 Å². The summed E-state index contributed by atoms with van der Waals surface area (Å²) in [5.74, 6) is 1.38. The first kappa shape index (κ1) is 24.0. The molecule has 0 saturated carbocycles. The molecule has 4 aromatic rings. The van der Waals surface area contributed by atoms with Crippen LogP contribution in [0.25, 0.3) is 5.78 Å². The first-order chi connectivity index (χ1) is 18.0. The number of ether oxygens (including phenoxy) is 1. The summed E-state index contributed by atoms with van der Waals surface area (Å²) in [6, 6.07) is 19.7. The zero-order valence-corrected chi connectivity index (χ0v) is 20.6. The van der Waals surface area contributed by atoms with E-state index in [-0.39, 0.29) is 5.56 Å². The van der Waals surface area contributed by atoms with E-state index in [4.69, 9.17) is 4.74 Å². The number of H-pyrrole nitrogens is 1. The molecule has 1 unspecified atom stereocenters. The lowest BCUT2D eigenvalue weighted by molar-refractivity contribution is -0.0248. The number of aliphatic hydroxyl groups excluding tert-OH is 3. The fourth-order valence-electron chi connectivity index (χ4n) is 5.06. The van der Waals surface area contributed by atoms with Gasteiger partial charge >= 0.3 is 0 Å². The highest BCUT2D eigenvalue weighted by Gasteiger charge is 2.56. The summed E-state index contributed by atoms with van der Waals surface area (Å²) in [4.78, 5) is 21.7. The van der Waals surface area contributed by atoms with Gasteiger partial charge < -0.3 is 30.4 Å². The van der Waals surface area contributed by atoms with Crippen LogP contribution < -0.4 is 15.8 Å². The van der Waals surface area contributed by atoms with Crippen LogP contribution in [-0.4, -0.2) is 66.6 Å². The molecular formula is C26H27N5O5S. The molecule has 1 saturated heterocycles. The molecule has 2 aliphatic rings. The van der Waals surface area contributed by atoms with Gasteiger partial charge in [0.1, 0.15) is 29.8 Å². The highest BCUT2D eigenvalue weighted by molar-refractivity contribution is 8.00. The summed E-state index contributed by atoms with van der Waals surface area (Å²) in [6.07, 6.45) is -0.826. The molecule has 1 fully saturated rings. The van der Waals surface area contributed by atoms with Crippen LogP contribution in [0.2, 0.25) is 0 Å². The Bertz CT molecular complexity index is 1450. The minimum Gasteiger partial charge on any atom is -0.394 e. The number of rotatable bonds is 7. The van der Waals surface area contributed by atoms with Crippen molar-refractivity contribution in [1.29, 1.82) is 0 Å². The summed E-state index contributed by atoms with van der Waals surface area (Å²) in [6.45, 7) is -0.460. The Morgan fingerprint density at radius 2 is 1.78 bits per heavy atom. The van der Waals surface area contributed by atoms with Crippen LogP contribution in [0.1, 0.15) is 11.1 Å². The standard InChI is InChI=1S/C26H27N5O5S/c32-15-18-20(33)21(34)24(36-18)31-22-19(23(35)30-13-12-27-25(30)28-22)29-26(31,17-9-5-2-6-10-17)37-14-11-16-7-3-1-4-8-16/h1-10,12-13,18,20-21,24,29,32-34H,11,14-15H2,(H,27,28)/t18-,20-,21-,24-,26?/m1/s1. The Hall–Kier alpha value is -3.35. The van der Waals surface area contributed by atoms with Gasteiger partial charge in [-0.25, -0.2) is 4.98 Å². The van der Waals surface area contributed by atoms with Gasteiger partial charge in [0.2, 0.25) is 5.78 Å². The molecule has 2 aromatic heterocycles. The van der Waals surface area contributed by atoms with Crippen molar-refractivity contribution in [2.24, 2.45) is 0 Å². The lowest BCUT2D eigenvalue weighted by atomic mass is 10.1. The highest BCUT2D eigenvalue weighted by Crippen LogP contribution is 2.52. The molecule has 4 heterocycles. The van der Waals surface area contributed by atoms with E-state index in [1.807, 2.05) is 48.5 Å². The number of anilines is 2. The first-order valence-corrected chi connectivity index (χ1v) is 13.0. The molecule has 192 valence electrons. The van der Waals surface area contributed by atoms with Gasteiger partial charge in [-0.1, -0.05) is 60.7 Å².